The molecule has 1 atom stereocenters. The number of anilines is 2. The molecular formula is C21H31FN6O2. The van der Waals surface area contributed by atoms with E-state index in [-0.39, 0.29) is 35.6 Å². The van der Waals surface area contributed by atoms with Crippen molar-refractivity contribution in [2.75, 3.05) is 23.3 Å². The maximum absolute atomic E-state index is 14.5. The van der Waals surface area contributed by atoms with Crippen LogP contribution in [0.1, 0.15) is 58.3 Å². The van der Waals surface area contributed by atoms with E-state index in [2.05, 4.69) is 25.9 Å². The first-order chi connectivity index (χ1) is 14.5. The summed E-state index contributed by atoms with van der Waals surface area (Å²) in [4.78, 5) is 34.1. The van der Waals surface area contributed by atoms with Gasteiger partial charge < -0.3 is 20.9 Å². The zero-order valence-corrected chi connectivity index (χ0v) is 17.5. The largest absolute Gasteiger partial charge is 0.354 e. The Kier molecular flexibility index (Phi) is 6.34. The topological polar surface area (TPSA) is 99.3 Å². The molecule has 3 fully saturated rings. The smallest absolute Gasteiger partial charge is 0.225 e. The highest BCUT2D eigenvalue weighted by Gasteiger charge is 2.32. The summed E-state index contributed by atoms with van der Waals surface area (Å²) in [5.41, 5.74) is 0. The first kappa shape index (κ1) is 20.8. The number of carbonyl (C=O) groups excluding carboxylic acids is 2. The molecule has 2 saturated carbocycles. The summed E-state index contributed by atoms with van der Waals surface area (Å²) in [7, 11) is 0. The summed E-state index contributed by atoms with van der Waals surface area (Å²) in [5.74, 6) is 0.171. The minimum Gasteiger partial charge on any atom is -0.354 e. The number of hydrogen-bond acceptors (Lipinski definition) is 6. The zero-order chi connectivity index (χ0) is 21.1. The van der Waals surface area contributed by atoms with Crippen LogP contribution >= 0.6 is 0 Å². The van der Waals surface area contributed by atoms with Gasteiger partial charge in [-0.05, 0) is 51.4 Å². The lowest BCUT2D eigenvalue weighted by atomic mass is 9.91. The Hall–Kier alpha value is -2.45. The van der Waals surface area contributed by atoms with Gasteiger partial charge in [0.25, 0.3) is 0 Å². The number of aromatic nitrogens is 2. The molecule has 3 aliphatic rings. The maximum atomic E-state index is 14.5. The molecule has 4 rings (SSSR count). The second-order valence-electron chi connectivity index (χ2n) is 8.83. The van der Waals surface area contributed by atoms with Gasteiger partial charge in [0.15, 0.2) is 11.6 Å². The molecule has 2 amide bonds. The van der Waals surface area contributed by atoms with Crippen molar-refractivity contribution in [1.82, 2.24) is 20.6 Å². The third kappa shape index (κ3) is 5.37. The summed E-state index contributed by atoms with van der Waals surface area (Å²) in [6, 6.07) is 0.754. The van der Waals surface area contributed by atoms with Gasteiger partial charge in [-0.3, -0.25) is 9.59 Å². The SMILES string of the molecule is CC(=O)NC1CCC(Nc2ncc(F)c(N3CCC[C@H](C(=O)NC4CC4)C3)n2)CC1. The van der Waals surface area contributed by atoms with Gasteiger partial charge in [0, 0.05) is 38.1 Å². The Morgan fingerprint density at radius 1 is 1.03 bits per heavy atom. The van der Waals surface area contributed by atoms with Gasteiger partial charge in [-0.25, -0.2) is 9.37 Å². The average Bonchev–Trinajstić information content (AvgIpc) is 3.54. The molecule has 2 heterocycles. The van der Waals surface area contributed by atoms with Crippen LogP contribution < -0.4 is 20.9 Å². The minimum absolute atomic E-state index is 0.00330. The van der Waals surface area contributed by atoms with Crippen molar-refractivity contribution in [1.29, 1.82) is 0 Å². The second kappa shape index (κ2) is 9.14. The van der Waals surface area contributed by atoms with Crippen LogP contribution in [0.2, 0.25) is 0 Å². The molecule has 0 radical (unpaired) electrons. The van der Waals surface area contributed by atoms with E-state index < -0.39 is 5.82 Å². The lowest BCUT2D eigenvalue weighted by Gasteiger charge is -2.33. The molecule has 0 spiro atoms. The van der Waals surface area contributed by atoms with Crippen LogP contribution in [0.25, 0.3) is 0 Å². The number of piperidine rings is 1. The van der Waals surface area contributed by atoms with Crippen LogP contribution in [0.15, 0.2) is 6.20 Å². The summed E-state index contributed by atoms with van der Waals surface area (Å²) in [6.07, 6.45) is 8.58. The van der Waals surface area contributed by atoms with E-state index in [1.54, 1.807) is 6.92 Å². The fourth-order valence-corrected chi connectivity index (χ4v) is 4.43. The summed E-state index contributed by atoms with van der Waals surface area (Å²) in [6.45, 7) is 2.70. The average molecular weight is 419 g/mol. The van der Waals surface area contributed by atoms with Gasteiger partial charge in [0.05, 0.1) is 12.1 Å². The molecule has 30 heavy (non-hydrogen) atoms. The lowest BCUT2D eigenvalue weighted by molar-refractivity contribution is -0.125. The van der Waals surface area contributed by atoms with Crippen molar-refractivity contribution >= 4 is 23.6 Å². The summed E-state index contributed by atoms with van der Waals surface area (Å²) >= 11 is 0. The summed E-state index contributed by atoms with van der Waals surface area (Å²) < 4.78 is 14.5. The molecule has 1 aromatic rings. The molecule has 1 aromatic heterocycles. The van der Waals surface area contributed by atoms with Crippen molar-refractivity contribution in [3.8, 4) is 0 Å². The van der Waals surface area contributed by atoms with Crippen LogP contribution in [0.5, 0.6) is 0 Å². The molecule has 9 heteroatoms. The third-order valence-electron chi connectivity index (χ3n) is 6.21. The number of halogens is 1. The highest BCUT2D eigenvalue weighted by Crippen LogP contribution is 2.27. The van der Waals surface area contributed by atoms with Crippen molar-refractivity contribution < 1.29 is 14.0 Å². The zero-order valence-electron chi connectivity index (χ0n) is 17.5. The van der Waals surface area contributed by atoms with Crippen LogP contribution in [0, 0.1) is 11.7 Å². The second-order valence-corrected chi connectivity index (χ2v) is 8.83. The predicted molar refractivity (Wildman–Crippen MR) is 112 cm³/mol. The first-order valence-corrected chi connectivity index (χ1v) is 11.1. The van der Waals surface area contributed by atoms with Crippen molar-refractivity contribution in [3.63, 3.8) is 0 Å². The molecule has 2 aliphatic carbocycles. The number of amides is 2. The number of carbonyl (C=O) groups is 2. The molecule has 3 N–H and O–H groups in total. The van der Waals surface area contributed by atoms with Crippen molar-refractivity contribution in [2.45, 2.75) is 76.4 Å². The number of nitrogens with zero attached hydrogens (tertiary/aromatic N) is 3. The van der Waals surface area contributed by atoms with Gasteiger partial charge in [-0.1, -0.05) is 0 Å². The highest BCUT2D eigenvalue weighted by molar-refractivity contribution is 5.80. The minimum atomic E-state index is -0.460. The van der Waals surface area contributed by atoms with Crippen LogP contribution in [0.4, 0.5) is 16.2 Å². The number of nitrogens with one attached hydrogen (secondary N) is 3. The molecular weight excluding hydrogens is 387 g/mol. The Bertz CT molecular complexity index is 779. The Morgan fingerprint density at radius 3 is 2.40 bits per heavy atom. The molecule has 1 saturated heterocycles. The lowest BCUT2D eigenvalue weighted by Crippen LogP contribution is -2.44. The van der Waals surface area contributed by atoms with E-state index in [0.29, 0.717) is 25.1 Å². The standard InChI is InChI=1S/C21H31FN6O2/c1-13(29)24-15-4-8-17(9-5-15)26-21-23-11-18(22)19(27-21)28-10-2-3-14(12-28)20(30)25-16-6-7-16/h11,14-17H,2-10,12H2,1H3,(H,24,29)(H,25,30)(H,23,26,27)/t14-,15?,17?/m0/s1. The summed E-state index contributed by atoms with van der Waals surface area (Å²) in [5, 5.41) is 9.35. The molecule has 164 valence electrons. The van der Waals surface area contributed by atoms with E-state index in [4.69, 9.17) is 0 Å². The molecule has 0 aromatic carbocycles. The van der Waals surface area contributed by atoms with E-state index in [1.165, 1.54) is 6.20 Å². The Morgan fingerprint density at radius 2 is 1.70 bits per heavy atom. The van der Waals surface area contributed by atoms with Gasteiger partial charge >= 0.3 is 0 Å². The number of rotatable bonds is 6. The van der Waals surface area contributed by atoms with E-state index in [9.17, 15) is 14.0 Å². The Labute approximate surface area is 176 Å². The molecule has 0 bridgehead atoms. The Balaban J connectivity index is 1.36. The normalized spacial score (nSPS) is 26.7. The quantitative estimate of drug-likeness (QED) is 0.653. The van der Waals surface area contributed by atoms with Gasteiger partial charge in [0.1, 0.15) is 0 Å². The predicted octanol–water partition coefficient (Wildman–Crippen LogP) is 1.97. The first-order valence-electron chi connectivity index (χ1n) is 11.1. The van der Waals surface area contributed by atoms with E-state index in [1.807, 2.05) is 4.90 Å². The third-order valence-corrected chi connectivity index (χ3v) is 6.21. The van der Waals surface area contributed by atoms with E-state index >= 15 is 0 Å². The maximum Gasteiger partial charge on any atom is 0.225 e. The van der Waals surface area contributed by atoms with Crippen LogP contribution in [0.3, 0.4) is 0 Å². The van der Waals surface area contributed by atoms with Gasteiger partial charge in [-0.2, -0.15) is 4.98 Å². The number of hydrogen-bond donors (Lipinski definition) is 3. The molecule has 0 unspecified atom stereocenters. The molecule has 8 nitrogen and oxygen atoms in total. The molecule has 1 aliphatic heterocycles. The highest BCUT2D eigenvalue weighted by atomic mass is 19.1. The van der Waals surface area contributed by atoms with Crippen LogP contribution in [-0.2, 0) is 9.59 Å². The van der Waals surface area contributed by atoms with Gasteiger partial charge in [0.2, 0.25) is 17.8 Å². The van der Waals surface area contributed by atoms with E-state index in [0.717, 1.165) is 51.4 Å². The van der Waals surface area contributed by atoms with Gasteiger partial charge in [-0.15, -0.1) is 0 Å². The van der Waals surface area contributed by atoms with Crippen molar-refractivity contribution in [3.05, 3.63) is 12.0 Å². The fraction of sp³-hybridized carbons (Fsp3) is 0.714. The van der Waals surface area contributed by atoms with Crippen LogP contribution in [-0.4, -0.2) is 53.0 Å². The fourth-order valence-electron chi connectivity index (χ4n) is 4.43. The van der Waals surface area contributed by atoms with Crippen molar-refractivity contribution in [2.24, 2.45) is 5.92 Å². The monoisotopic (exact) mass is 418 g/mol.